The van der Waals surface area contributed by atoms with Gasteiger partial charge in [-0.15, -0.1) is 0 Å². The molecule has 3 heteroatoms. The molecule has 0 aromatic rings. The third kappa shape index (κ3) is 10.7. The predicted octanol–water partition coefficient (Wildman–Crippen LogP) is 0.359. The number of aliphatic hydroxyl groups is 1. The van der Waals surface area contributed by atoms with E-state index in [-0.39, 0.29) is 17.1 Å². The summed E-state index contributed by atoms with van der Waals surface area (Å²) in [4.78, 5) is 0. The number of hydrogen-bond acceptors (Lipinski definition) is 2. The molecule has 0 aliphatic carbocycles. The number of hydrogen-bond donors (Lipinski definition) is 1. The van der Waals surface area contributed by atoms with E-state index in [0.717, 1.165) is 0 Å². The molecule has 46 valence electrons. The molecule has 0 aliphatic rings. The molecule has 0 aliphatic heterocycles. The molecular weight excluding hydrogens is 136 g/mol. The van der Waals surface area contributed by atoms with Crippen LogP contribution in [-0.4, -0.2) is 18.0 Å². The van der Waals surface area contributed by atoms with Crippen molar-refractivity contribution in [1.29, 1.82) is 0 Å². The minimum atomic E-state index is -0.602. The van der Waals surface area contributed by atoms with Crippen LogP contribution in [0.5, 0.6) is 0 Å². The summed E-state index contributed by atoms with van der Waals surface area (Å²) in [5, 5.41) is 8.33. The largest absolute Gasteiger partial charge is 0.368 e. The fraction of sp³-hybridized carbons (Fsp3) is 1.00. The Morgan fingerprint density at radius 1 is 1.71 bits per heavy atom. The molecule has 1 atom stereocenters. The summed E-state index contributed by atoms with van der Waals surface area (Å²) in [6, 6.07) is 0. The third-order valence-corrected chi connectivity index (χ3v) is 0.408. The van der Waals surface area contributed by atoms with Crippen molar-refractivity contribution in [3.8, 4) is 0 Å². The van der Waals surface area contributed by atoms with Gasteiger partial charge in [-0.05, 0) is 13.8 Å². The van der Waals surface area contributed by atoms with Gasteiger partial charge in [-0.2, -0.15) is 0 Å². The first-order valence-corrected chi connectivity index (χ1v) is 2.07. The Bertz CT molecular complexity index is 30.9. The maximum absolute atomic E-state index is 8.33. The molecule has 1 N–H and O–H groups in total. The molecule has 0 aromatic carbocycles. The van der Waals surface area contributed by atoms with E-state index in [1.54, 1.807) is 6.92 Å². The Balaban J connectivity index is 0. The summed E-state index contributed by atoms with van der Waals surface area (Å²) in [5.41, 5.74) is 0. The molecule has 0 fully saturated rings. The van der Waals surface area contributed by atoms with Crippen LogP contribution < -0.4 is 0 Å². The summed E-state index contributed by atoms with van der Waals surface area (Å²) in [6.07, 6.45) is -0.602. The van der Waals surface area contributed by atoms with Crippen LogP contribution in [0.25, 0.3) is 0 Å². The molecule has 0 amide bonds. The van der Waals surface area contributed by atoms with Crippen molar-refractivity contribution >= 4 is 0 Å². The van der Waals surface area contributed by atoms with Gasteiger partial charge in [-0.25, -0.2) is 0 Å². The fourth-order valence-electron chi connectivity index (χ4n) is 0.241. The first-order valence-electron chi connectivity index (χ1n) is 2.07. The van der Waals surface area contributed by atoms with Crippen LogP contribution in [0.3, 0.4) is 0 Å². The Hall–Kier alpha value is 0.439. The van der Waals surface area contributed by atoms with Crippen molar-refractivity contribution in [2.24, 2.45) is 0 Å². The van der Waals surface area contributed by atoms with E-state index in [1.807, 2.05) is 6.92 Å². The molecule has 0 heterocycles. The molecule has 0 saturated heterocycles. The quantitative estimate of drug-likeness (QED) is 0.450. The van der Waals surface area contributed by atoms with Crippen LogP contribution in [0.15, 0.2) is 0 Å². The van der Waals surface area contributed by atoms with Gasteiger partial charge >= 0.3 is 0 Å². The van der Waals surface area contributed by atoms with Gasteiger partial charge in [0.05, 0.1) is 0 Å². The van der Waals surface area contributed by atoms with E-state index in [4.69, 9.17) is 5.11 Å². The molecule has 0 rings (SSSR count). The zero-order valence-electron chi connectivity index (χ0n) is 4.49. The average Bonchev–Trinajstić information content (AvgIpc) is 1.35. The van der Waals surface area contributed by atoms with Crippen molar-refractivity contribution in [3.63, 3.8) is 0 Å². The SMILES string of the molecule is CCOC(C)O.[Fe]. The fourth-order valence-corrected chi connectivity index (χ4v) is 0.241. The standard InChI is InChI=1S/C4H10O2.Fe/c1-3-6-4(2)5;/h4-5H,3H2,1-2H3;. The predicted molar refractivity (Wildman–Crippen MR) is 23.3 cm³/mol. The second-order valence-corrected chi connectivity index (χ2v) is 1.05. The summed E-state index contributed by atoms with van der Waals surface area (Å²) < 4.78 is 4.60. The number of aliphatic hydroxyl groups excluding tert-OH is 1. The molecule has 0 saturated carbocycles. The second kappa shape index (κ2) is 6.44. The summed E-state index contributed by atoms with van der Waals surface area (Å²) >= 11 is 0. The van der Waals surface area contributed by atoms with E-state index in [1.165, 1.54) is 0 Å². The molecular formula is C4H10FeO2. The van der Waals surface area contributed by atoms with Crippen molar-refractivity contribution in [3.05, 3.63) is 0 Å². The van der Waals surface area contributed by atoms with Crippen LogP contribution in [0.2, 0.25) is 0 Å². The van der Waals surface area contributed by atoms with Gasteiger partial charge < -0.3 is 9.84 Å². The molecule has 0 spiro atoms. The Labute approximate surface area is 54.3 Å². The average molecular weight is 146 g/mol. The first-order chi connectivity index (χ1) is 2.77. The van der Waals surface area contributed by atoms with Crippen molar-refractivity contribution in [1.82, 2.24) is 0 Å². The van der Waals surface area contributed by atoms with Crippen molar-refractivity contribution in [2.45, 2.75) is 20.1 Å². The van der Waals surface area contributed by atoms with Gasteiger partial charge in [0.25, 0.3) is 0 Å². The van der Waals surface area contributed by atoms with Crippen LogP contribution in [-0.2, 0) is 21.8 Å². The van der Waals surface area contributed by atoms with Gasteiger partial charge in [0.2, 0.25) is 0 Å². The van der Waals surface area contributed by atoms with Crippen LogP contribution in [0.4, 0.5) is 0 Å². The Kier molecular flexibility index (Phi) is 9.59. The summed E-state index contributed by atoms with van der Waals surface area (Å²) in [6.45, 7) is 4.01. The van der Waals surface area contributed by atoms with E-state index >= 15 is 0 Å². The number of rotatable bonds is 2. The normalized spacial score (nSPS) is 12.4. The zero-order chi connectivity index (χ0) is 4.99. The van der Waals surface area contributed by atoms with Gasteiger partial charge in [-0.3, -0.25) is 0 Å². The van der Waals surface area contributed by atoms with Crippen LogP contribution in [0, 0.1) is 0 Å². The van der Waals surface area contributed by atoms with E-state index in [9.17, 15) is 0 Å². The van der Waals surface area contributed by atoms with Gasteiger partial charge in [0, 0.05) is 23.7 Å². The van der Waals surface area contributed by atoms with Crippen LogP contribution in [0.1, 0.15) is 13.8 Å². The third-order valence-electron chi connectivity index (χ3n) is 0.408. The molecule has 1 unspecified atom stereocenters. The molecule has 2 nitrogen and oxygen atoms in total. The molecule has 0 radical (unpaired) electrons. The van der Waals surface area contributed by atoms with E-state index in [2.05, 4.69) is 4.74 Å². The summed E-state index contributed by atoms with van der Waals surface area (Å²) in [5.74, 6) is 0. The minimum Gasteiger partial charge on any atom is -0.368 e. The maximum Gasteiger partial charge on any atom is 0.151 e. The monoisotopic (exact) mass is 146 g/mol. The molecule has 0 bridgehead atoms. The minimum absolute atomic E-state index is 0. The van der Waals surface area contributed by atoms with Gasteiger partial charge in [0.1, 0.15) is 0 Å². The Morgan fingerprint density at radius 2 is 2.14 bits per heavy atom. The smallest absolute Gasteiger partial charge is 0.151 e. The molecule has 7 heavy (non-hydrogen) atoms. The maximum atomic E-state index is 8.33. The topological polar surface area (TPSA) is 29.5 Å². The zero-order valence-corrected chi connectivity index (χ0v) is 5.60. The second-order valence-electron chi connectivity index (χ2n) is 1.05. The van der Waals surface area contributed by atoms with Gasteiger partial charge in [-0.1, -0.05) is 0 Å². The first kappa shape index (κ1) is 10.4. The van der Waals surface area contributed by atoms with Crippen molar-refractivity contribution in [2.75, 3.05) is 6.61 Å². The van der Waals surface area contributed by atoms with E-state index in [0.29, 0.717) is 6.61 Å². The number of ether oxygens (including phenoxy) is 1. The van der Waals surface area contributed by atoms with Crippen LogP contribution >= 0.6 is 0 Å². The molecule has 0 aromatic heterocycles. The van der Waals surface area contributed by atoms with Crippen molar-refractivity contribution < 1.29 is 26.9 Å². The summed E-state index contributed by atoms with van der Waals surface area (Å²) in [7, 11) is 0. The van der Waals surface area contributed by atoms with Gasteiger partial charge in [0.15, 0.2) is 6.29 Å². The Morgan fingerprint density at radius 3 is 2.14 bits per heavy atom. The van der Waals surface area contributed by atoms with E-state index < -0.39 is 6.29 Å².